The number of hydrogen-bond donors (Lipinski definition) is 1. The summed E-state index contributed by atoms with van der Waals surface area (Å²) in [5.41, 5.74) is 1.10. The van der Waals surface area contributed by atoms with Crippen molar-refractivity contribution in [1.29, 1.82) is 0 Å². The molecule has 3 rings (SSSR count). The van der Waals surface area contributed by atoms with Crippen molar-refractivity contribution in [2.45, 2.75) is 11.7 Å². The fourth-order valence-corrected chi connectivity index (χ4v) is 2.81. The molecule has 18 heavy (non-hydrogen) atoms. The highest BCUT2D eigenvalue weighted by molar-refractivity contribution is 8.00. The van der Waals surface area contributed by atoms with E-state index in [0.717, 1.165) is 5.75 Å². The second-order valence-corrected chi connectivity index (χ2v) is 4.94. The number of fused-ring (bicyclic) bond motifs is 1. The Bertz CT molecular complexity index is 561. The number of aromatic nitrogens is 4. The molecule has 7 nitrogen and oxygen atoms in total. The molecular formula is C10H12N4O3S. The average molecular weight is 268 g/mol. The van der Waals surface area contributed by atoms with Gasteiger partial charge >= 0.3 is 0 Å². The van der Waals surface area contributed by atoms with Gasteiger partial charge in [-0.25, -0.2) is 9.97 Å². The van der Waals surface area contributed by atoms with Gasteiger partial charge in [0.1, 0.15) is 18.0 Å². The van der Waals surface area contributed by atoms with Crippen molar-refractivity contribution in [3.63, 3.8) is 0 Å². The third kappa shape index (κ3) is 1.82. The predicted octanol–water partition coefficient (Wildman–Crippen LogP) is 0.415. The number of ether oxygens (including phenoxy) is 2. The van der Waals surface area contributed by atoms with E-state index in [1.54, 1.807) is 25.2 Å². The Morgan fingerprint density at radius 3 is 3.17 bits per heavy atom. The maximum absolute atomic E-state index is 9.06. The summed E-state index contributed by atoms with van der Waals surface area (Å²) in [4.78, 5) is 12.5. The van der Waals surface area contributed by atoms with Crippen LogP contribution >= 0.6 is 11.8 Å². The highest BCUT2D eigenvalue weighted by Gasteiger charge is 2.28. The van der Waals surface area contributed by atoms with Crippen molar-refractivity contribution in [3.05, 3.63) is 12.7 Å². The Morgan fingerprint density at radius 2 is 2.44 bits per heavy atom. The molecule has 2 aromatic rings. The summed E-state index contributed by atoms with van der Waals surface area (Å²) in [6, 6.07) is 0. The standard InChI is InChI=1S/C10H12N4O3S/c1-16-10-8-9(11-4-12-10)14(5-13-8)6-3-18-7(2-15)17-6/h4-7,15H,2-3H2,1H3/t6-,7?/m1/s1. The first-order valence-electron chi connectivity index (χ1n) is 5.43. The van der Waals surface area contributed by atoms with E-state index >= 15 is 0 Å². The molecule has 0 aliphatic carbocycles. The lowest BCUT2D eigenvalue weighted by atomic mass is 10.5. The molecule has 1 aliphatic rings. The van der Waals surface area contributed by atoms with Crippen LogP contribution in [-0.4, -0.2) is 49.5 Å². The van der Waals surface area contributed by atoms with Crippen LogP contribution in [0.3, 0.4) is 0 Å². The molecule has 0 saturated carbocycles. The number of thioether (sulfide) groups is 1. The molecule has 0 spiro atoms. The van der Waals surface area contributed by atoms with Crippen LogP contribution in [-0.2, 0) is 4.74 Å². The third-order valence-electron chi connectivity index (χ3n) is 2.71. The first-order chi connectivity index (χ1) is 8.83. The van der Waals surface area contributed by atoms with Crippen molar-refractivity contribution in [1.82, 2.24) is 19.5 Å². The second-order valence-electron chi connectivity index (χ2n) is 3.74. The van der Waals surface area contributed by atoms with Gasteiger partial charge in [-0.3, -0.25) is 4.57 Å². The Kier molecular flexibility index (Phi) is 3.06. The fourth-order valence-electron chi connectivity index (χ4n) is 1.88. The van der Waals surface area contributed by atoms with Crippen LogP contribution in [0.4, 0.5) is 0 Å². The fraction of sp³-hybridized carbons (Fsp3) is 0.500. The summed E-state index contributed by atoms with van der Waals surface area (Å²) in [5, 5.41) is 9.06. The molecule has 2 atom stereocenters. The van der Waals surface area contributed by atoms with Crippen LogP contribution < -0.4 is 4.74 Å². The van der Waals surface area contributed by atoms with E-state index in [2.05, 4.69) is 15.0 Å². The molecule has 1 fully saturated rings. The summed E-state index contributed by atoms with van der Waals surface area (Å²) >= 11 is 1.57. The zero-order valence-corrected chi connectivity index (χ0v) is 10.5. The molecule has 2 aromatic heterocycles. The van der Waals surface area contributed by atoms with E-state index in [1.165, 1.54) is 6.33 Å². The van der Waals surface area contributed by atoms with Crippen LogP contribution in [0.5, 0.6) is 5.88 Å². The van der Waals surface area contributed by atoms with Crippen molar-refractivity contribution < 1.29 is 14.6 Å². The molecule has 0 radical (unpaired) electrons. The molecular weight excluding hydrogens is 256 g/mol. The molecule has 0 bridgehead atoms. The lowest BCUT2D eigenvalue weighted by Gasteiger charge is -2.12. The summed E-state index contributed by atoms with van der Waals surface area (Å²) < 4.78 is 12.6. The maximum atomic E-state index is 9.06. The van der Waals surface area contributed by atoms with Gasteiger partial charge in [-0.15, -0.1) is 11.8 Å². The number of methoxy groups -OCH3 is 1. The number of hydrogen-bond acceptors (Lipinski definition) is 7. The van der Waals surface area contributed by atoms with Gasteiger partial charge in [-0.05, 0) is 0 Å². The molecule has 96 valence electrons. The van der Waals surface area contributed by atoms with Gasteiger partial charge in [-0.1, -0.05) is 0 Å². The quantitative estimate of drug-likeness (QED) is 0.863. The van der Waals surface area contributed by atoms with Crippen molar-refractivity contribution >= 4 is 22.9 Å². The van der Waals surface area contributed by atoms with Gasteiger partial charge < -0.3 is 14.6 Å². The molecule has 0 aromatic carbocycles. The molecule has 0 amide bonds. The maximum Gasteiger partial charge on any atom is 0.245 e. The van der Waals surface area contributed by atoms with Crippen LogP contribution in [0.15, 0.2) is 12.7 Å². The van der Waals surface area contributed by atoms with Crippen LogP contribution in [0.2, 0.25) is 0 Å². The van der Waals surface area contributed by atoms with Crippen LogP contribution in [0.25, 0.3) is 11.2 Å². The van der Waals surface area contributed by atoms with Gasteiger partial charge in [0.2, 0.25) is 5.88 Å². The number of aliphatic hydroxyl groups is 1. The van der Waals surface area contributed by atoms with E-state index in [0.29, 0.717) is 17.0 Å². The average Bonchev–Trinajstić information content (AvgIpc) is 3.03. The summed E-state index contributed by atoms with van der Waals surface area (Å²) in [6.45, 7) is 0.00605. The van der Waals surface area contributed by atoms with Crippen molar-refractivity contribution in [3.8, 4) is 5.88 Å². The van der Waals surface area contributed by atoms with Gasteiger partial charge in [0.05, 0.1) is 20.0 Å². The van der Waals surface area contributed by atoms with E-state index in [9.17, 15) is 0 Å². The zero-order valence-electron chi connectivity index (χ0n) is 9.68. The first-order valence-corrected chi connectivity index (χ1v) is 6.48. The molecule has 3 heterocycles. The van der Waals surface area contributed by atoms with E-state index in [4.69, 9.17) is 14.6 Å². The summed E-state index contributed by atoms with van der Waals surface area (Å²) in [6.07, 6.45) is 2.93. The normalized spacial score (nSPS) is 23.7. The number of aliphatic hydroxyl groups excluding tert-OH is 1. The molecule has 1 N–H and O–H groups in total. The smallest absolute Gasteiger partial charge is 0.245 e. The third-order valence-corrected chi connectivity index (χ3v) is 3.82. The Balaban J connectivity index is 1.98. The highest BCUT2D eigenvalue weighted by Crippen LogP contribution is 2.33. The summed E-state index contributed by atoms with van der Waals surface area (Å²) in [7, 11) is 1.55. The number of nitrogens with zero attached hydrogens (tertiary/aromatic N) is 4. The minimum Gasteiger partial charge on any atom is -0.479 e. The lowest BCUT2D eigenvalue weighted by Crippen LogP contribution is -2.14. The van der Waals surface area contributed by atoms with E-state index in [-0.39, 0.29) is 18.3 Å². The van der Waals surface area contributed by atoms with E-state index < -0.39 is 0 Å². The zero-order chi connectivity index (χ0) is 12.5. The van der Waals surface area contributed by atoms with Crippen molar-refractivity contribution in [2.75, 3.05) is 19.5 Å². The van der Waals surface area contributed by atoms with Gasteiger partial charge in [0.15, 0.2) is 11.2 Å². The van der Waals surface area contributed by atoms with Gasteiger partial charge in [-0.2, -0.15) is 4.98 Å². The Morgan fingerprint density at radius 1 is 1.56 bits per heavy atom. The van der Waals surface area contributed by atoms with E-state index in [1.807, 2.05) is 4.57 Å². The SMILES string of the molecule is COc1ncnc2c1ncn2[C@H]1CSC(CO)O1. The van der Waals surface area contributed by atoms with Gasteiger partial charge in [0.25, 0.3) is 0 Å². The second kappa shape index (κ2) is 4.71. The van der Waals surface area contributed by atoms with Gasteiger partial charge in [0, 0.05) is 5.75 Å². The lowest BCUT2D eigenvalue weighted by molar-refractivity contribution is -0.00191. The molecule has 8 heteroatoms. The molecule has 1 aliphatic heterocycles. The predicted molar refractivity (Wildman–Crippen MR) is 65.3 cm³/mol. The minimum absolute atomic E-state index is 0.00605. The number of imidazole rings is 1. The van der Waals surface area contributed by atoms with Crippen molar-refractivity contribution in [2.24, 2.45) is 0 Å². The highest BCUT2D eigenvalue weighted by atomic mass is 32.2. The molecule has 1 unspecified atom stereocenters. The Hall–Kier alpha value is -1.38. The largest absolute Gasteiger partial charge is 0.479 e. The minimum atomic E-state index is -0.184. The molecule has 1 saturated heterocycles. The first kappa shape index (κ1) is 11.7. The summed E-state index contributed by atoms with van der Waals surface area (Å²) in [5.74, 6) is 1.20. The number of rotatable bonds is 3. The topological polar surface area (TPSA) is 82.3 Å². The van der Waals surface area contributed by atoms with Crippen LogP contribution in [0, 0.1) is 0 Å². The van der Waals surface area contributed by atoms with Crippen LogP contribution in [0.1, 0.15) is 6.23 Å². The Labute approximate surface area is 107 Å². The monoisotopic (exact) mass is 268 g/mol.